The molecule has 9 heavy (non-hydrogen) atoms. The Hall–Kier alpha value is -0.570. The lowest BCUT2D eigenvalue weighted by atomic mass is 9.98. The molecule has 0 saturated carbocycles. The molecule has 0 aliphatic carbocycles. The summed E-state index contributed by atoms with van der Waals surface area (Å²) in [6.07, 6.45) is 0. The third-order valence-electron chi connectivity index (χ3n) is 0.642. The standard InChI is InChI=1S/C5H10O2.CH5N/c1-5(2,3)4(6)7;1-2/h1-3H3,(H,6,7);2H2,1H3. The number of carboxylic acid groups (broad SMARTS) is 1. The summed E-state index contributed by atoms with van der Waals surface area (Å²) in [6, 6.07) is 0. The van der Waals surface area contributed by atoms with E-state index in [1.165, 1.54) is 7.05 Å². The summed E-state index contributed by atoms with van der Waals surface area (Å²) in [5.74, 6) is -0.757. The SMILES string of the molecule is CC(C)(C)C(=O)O.CN. The van der Waals surface area contributed by atoms with Crippen molar-refractivity contribution in [2.45, 2.75) is 20.8 Å². The number of rotatable bonds is 0. The molecule has 0 aromatic heterocycles. The molecule has 0 spiro atoms. The number of hydrogen-bond donors (Lipinski definition) is 2. The molecule has 0 radical (unpaired) electrons. The molecule has 0 amide bonds. The van der Waals surface area contributed by atoms with Crippen molar-refractivity contribution in [3.05, 3.63) is 0 Å². The molecular formula is C6H15NO2. The van der Waals surface area contributed by atoms with Gasteiger partial charge < -0.3 is 10.8 Å². The minimum atomic E-state index is -0.757. The van der Waals surface area contributed by atoms with Crippen molar-refractivity contribution in [3.8, 4) is 0 Å². The van der Waals surface area contributed by atoms with Crippen LogP contribution in [0.1, 0.15) is 20.8 Å². The van der Waals surface area contributed by atoms with Crippen LogP contribution in [0.3, 0.4) is 0 Å². The Morgan fingerprint density at radius 2 is 1.44 bits per heavy atom. The molecule has 0 aromatic rings. The summed E-state index contributed by atoms with van der Waals surface area (Å²) in [5.41, 5.74) is 3.92. The third-order valence-corrected chi connectivity index (χ3v) is 0.642. The van der Waals surface area contributed by atoms with Crippen LogP contribution in [0.4, 0.5) is 0 Å². The molecule has 0 atom stereocenters. The monoisotopic (exact) mass is 133 g/mol. The van der Waals surface area contributed by atoms with Gasteiger partial charge in [-0.1, -0.05) is 0 Å². The molecule has 0 unspecified atom stereocenters. The van der Waals surface area contributed by atoms with Crippen LogP contribution in [0.2, 0.25) is 0 Å². The van der Waals surface area contributed by atoms with Gasteiger partial charge in [0.1, 0.15) is 0 Å². The summed E-state index contributed by atoms with van der Waals surface area (Å²) in [6.45, 7) is 4.99. The Kier molecular flexibility index (Phi) is 5.41. The summed E-state index contributed by atoms with van der Waals surface area (Å²) in [5, 5.41) is 8.25. The van der Waals surface area contributed by atoms with Crippen molar-refractivity contribution in [1.29, 1.82) is 0 Å². The van der Waals surface area contributed by atoms with Crippen LogP contribution in [0.25, 0.3) is 0 Å². The van der Waals surface area contributed by atoms with Crippen LogP contribution in [0, 0.1) is 5.41 Å². The second-order valence-electron chi connectivity index (χ2n) is 2.56. The van der Waals surface area contributed by atoms with Crippen molar-refractivity contribution in [2.75, 3.05) is 7.05 Å². The van der Waals surface area contributed by atoms with Crippen LogP contribution >= 0.6 is 0 Å². The molecule has 0 fully saturated rings. The molecule has 0 heterocycles. The fourth-order valence-electron chi connectivity index (χ4n) is 0. The second-order valence-corrected chi connectivity index (χ2v) is 2.56. The van der Waals surface area contributed by atoms with Gasteiger partial charge in [-0.25, -0.2) is 0 Å². The van der Waals surface area contributed by atoms with Gasteiger partial charge in [0, 0.05) is 0 Å². The average Bonchev–Trinajstić information content (AvgIpc) is 1.69. The van der Waals surface area contributed by atoms with Crippen molar-refractivity contribution < 1.29 is 9.90 Å². The highest BCUT2D eigenvalue weighted by Gasteiger charge is 2.18. The van der Waals surface area contributed by atoms with E-state index < -0.39 is 11.4 Å². The lowest BCUT2D eigenvalue weighted by molar-refractivity contribution is -0.145. The molecule has 0 rings (SSSR count). The lowest BCUT2D eigenvalue weighted by Crippen LogP contribution is -2.18. The van der Waals surface area contributed by atoms with Gasteiger partial charge in [-0.2, -0.15) is 0 Å². The number of nitrogens with two attached hydrogens (primary N) is 1. The van der Waals surface area contributed by atoms with E-state index in [0.717, 1.165) is 0 Å². The van der Waals surface area contributed by atoms with E-state index in [0.29, 0.717) is 0 Å². The molecule has 56 valence electrons. The Bertz CT molecular complexity index is 83.5. The maximum absolute atomic E-state index is 10.0. The number of hydrogen-bond acceptors (Lipinski definition) is 2. The summed E-state index contributed by atoms with van der Waals surface area (Å²) >= 11 is 0. The Labute approximate surface area is 55.9 Å². The topological polar surface area (TPSA) is 63.3 Å². The summed E-state index contributed by atoms with van der Waals surface area (Å²) < 4.78 is 0. The fourth-order valence-corrected chi connectivity index (χ4v) is 0. The zero-order chi connectivity index (χ0) is 8.08. The first-order valence-corrected chi connectivity index (χ1v) is 2.76. The molecule has 3 nitrogen and oxygen atoms in total. The third kappa shape index (κ3) is 7.43. The lowest BCUT2D eigenvalue weighted by Gasteiger charge is -2.08. The molecule has 3 N–H and O–H groups in total. The van der Waals surface area contributed by atoms with Gasteiger partial charge in [0.25, 0.3) is 0 Å². The van der Waals surface area contributed by atoms with Crippen molar-refractivity contribution in [2.24, 2.45) is 11.1 Å². The van der Waals surface area contributed by atoms with Gasteiger partial charge in [0.05, 0.1) is 5.41 Å². The maximum Gasteiger partial charge on any atom is 0.308 e. The molecule has 0 saturated heterocycles. The minimum absolute atomic E-state index is 0.583. The van der Waals surface area contributed by atoms with Gasteiger partial charge in [-0.3, -0.25) is 4.79 Å². The maximum atomic E-state index is 10.0. The van der Waals surface area contributed by atoms with Crippen LogP contribution in [-0.4, -0.2) is 18.1 Å². The van der Waals surface area contributed by atoms with Crippen LogP contribution < -0.4 is 5.73 Å². The van der Waals surface area contributed by atoms with E-state index in [4.69, 9.17) is 5.11 Å². The van der Waals surface area contributed by atoms with Crippen molar-refractivity contribution in [1.82, 2.24) is 0 Å². The first kappa shape index (κ1) is 11.3. The van der Waals surface area contributed by atoms with E-state index in [1.54, 1.807) is 20.8 Å². The molecule has 0 aromatic carbocycles. The minimum Gasteiger partial charge on any atom is -0.481 e. The van der Waals surface area contributed by atoms with E-state index in [9.17, 15) is 4.79 Å². The van der Waals surface area contributed by atoms with Crippen molar-refractivity contribution >= 4 is 5.97 Å². The highest BCUT2D eigenvalue weighted by Crippen LogP contribution is 2.11. The summed E-state index contributed by atoms with van der Waals surface area (Å²) in [4.78, 5) is 10.0. The molecule has 0 aliphatic heterocycles. The van der Waals surface area contributed by atoms with Gasteiger partial charge in [-0.15, -0.1) is 0 Å². The van der Waals surface area contributed by atoms with Crippen molar-refractivity contribution in [3.63, 3.8) is 0 Å². The first-order valence-electron chi connectivity index (χ1n) is 2.76. The fraction of sp³-hybridized carbons (Fsp3) is 0.833. The van der Waals surface area contributed by atoms with Crippen LogP contribution in [0.15, 0.2) is 0 Å². The summed E-state index contributed by atoms with van der Waals surface area (Å²) in [7, 11) is 1.50. The molecule has 3 heteroatoms. The Morgan fingerprint density at radius 3 is 1.44 bits per heavy atom. The van der Waals surface area contributed by atoms with Crippen LogP contribution in [0.5, 0.6) is 0 Å². The van der Waals surface area contributed by atoms with E-state index in [1.807, 2.05) is 0 Å². The predicted molar refractivity (Wildman–Crippen MR) is 37.2 cm³/mol. The van der Waals surface area contributed by atoms with Crippen LogP contribution in [-0.2, 0) is 4.79 Å². The van der Waals surface area contributed by atoms with E-state index >= 15 is 0 Å². The number of carbonyl (C=O) groups is 1. The zero-order valence-electron chi connectivity index (χ0n) is 6.43. The smallest absolute Gasteiger partial charge is 0.308 e. The number of carboxylic acids is 1. The van der Waals surface area contributed by atoms with E-state index in [-0.39, 0.29) is 0 Å². The highest BCUT2D eigenvalue weighted by atomic mass is 16.4. The Balaban J connectivity index is 0. The van der Waals surface area contributed by atoms with Gasteiger partial charge in [0.2, 0.25) is 0 Å². The number of aliphatic carboxylic acids is 1. The van der Waals surface area contributed by atoms with Gasteiger partial charge in [0.15, 0.2) is 0 Å². The molecule has 0 bridgehead atoms. The molecular weight excluding hydrogens is 118 g/mol. The quantitative estimate of drug-likeness (QED) is 0.511. The van der Waals surface area contributed by atoms with Gasteiger partial charge >= 0.3 is 5.97 Å². The first-order chi connectivity index (χ1) is 3.94. The largest absolute Gasteiger partial charge is 0.481 e. The second kappa shape index (κ2) is 4.32. The van der Waals surface area contributed by atoms with Gasteiger partial charge in [-0.05, 0) is 27.8 Å². The molecule has 0 aliphatic rings. The Morgan fingerprint density at radius 1 is 1.33 bits per heavy atom. The van der Waals surface area contributed by atoms with E-state index in [2.05, 4.69) is 5.73 Å². The normalized spacial score (nSPS) is 9.44. The zero-order valence-corrected chi connectivity index (χ0v) is 6.43. The average molecular weight is 133 g/mol. The predicted octanol–water partition coefficient (Wildman–Crippen LogP) is 0.692. The highest BCUT2D eigenvalue weighted by molar-refractivity contribution is 5.72.